The van der Waals surface area contributed by atoms with E-state index in [2.05, 4.69) is 15.9 Å². The van der Waals surface area contributed by atoms with Crippen LogP contribution in [0.2, 0.25) is 0 Å². The monoisotopic (exact) mass is 271 g/mol. The van der Waals surface area contributed by atoms with Gasteiger partial charge in [-0.05, 0) is 30.4 Å². The van der Waals surface area contributed by atoms with Gasteiger partial charge in [0.05, 0.1) is 0 Å². The Balaban J connectivity index is 2.16. The second kappa shape index (κ2) is 4.22. The molecule has 0 aliphatic heterocycles. The standard InChI is InChI=1S/C12H15BrFN/c13-11-4-2-1-3-9(11)7-12(14,8-15)10-5-6-10/h1-4,10H,5-8,15H2. The van der Waals surface area contributed by atoms with Gasteiger partial charge in [0.25, 0.3) is 0 Å². The van der Waals surface area contributed by atoms with E-state index in [1.54, 1.807) is 0 Å². The van der Waals surface area contributed by atoms with E-state index in [1.807, 2.05) is 24.3 Å². The average Bonchev–Trinajstić information content (AvgIpc) is 3.05. The number of benzene rings is 1. The van der Waals surface area contributed by atoms with Gasteiger partial charge in [0, 0.05) is 17.4 Å². The van der Waals surface area contributed by atoms with E-state index >= 15 is 0 Å². The van der Waals surface area contributed by atoms with Crippen LogP contribution in [0, 0.1) is 5.92 Å². The fourth-order valence-electron chi connectivity index (χ4n) is 1.94. The second-order valence-electron chi connectivity index (χ2n) is 4.28. The molecule has 0 amide bonds. The molecule has 1 saturated carbocycles. The van der Waals surface area contributed by atoms with Crippen molar-refractivity contribution in [1.82, 2.24) is 0 Å². The van der Waals surface area contributed by atoms with Crippen molar-refractivity contribution in [1.29, 1.82) is 0 Å². The van der Waals surface area contributed by atoms with Crippen molar-refractivity contribution in [3.63, 3.8) is 0 Å². The quantitative estimate of drug-likeness (QED) is 0.895. The Hall–Kier alpha value is -0.410. The number of hydrogen-bond acceptors (Lipinski definition) is 1. The first-order valence-corrected chi connectivity index (χ1v) is 6.07. The molecular formula is C12H15BrFN. The van der Waals surface area contributed by atoms with Crippen LogP contribution in [-0.4, -0.2) is 12.2 Å². The Morgan fingerprint density at radius 3 is 2.60 bits per heavy atom. The third-order valence-corrected chi connectivity index (χ3v) is 3.86. The molecule has 15 heavy (non-hydrogen) atoms. The first kappa shape index (κ1) is 11.1. The molecule has 82 valence electrons. The zero-order chi connectivity index (χ0) is 10.9. The van der Waals surface area contributed by atoms with Gasteiger partial charge >= 0.3 is 0 Å². The van der Waals surface area contributed by atoms with E-state index in [9.17, 15) is 4.39 Å². The van der Waals surface area contributed by atoms with Crippen molar-refractivity contribution in [2.45, 2.75) is 24.9 Å². The molecule has 0 saturated heterocycles. The normalized spacial score (nSPS) is 19.9. The molecule has 2 rings (SSSR count). The minimum atomic E-state index is -1.20. The summed E-state index contributed by atoms with van der Waals surface area (Å²) in [5.41, 5.74) is 5.36. The van der Waals surface area contributed by atoms with Gasteiger partial charge < -0.3 is 5.73 Å². The molecule has 2 N–H and O–H groups in total. The molecule has 3 heteroatoms. The van der Waals surface area contributed by atoms with Crippen LogP contribution in [0.4, 0.5) is 4.39 Å². The van der Waals surface area contributed by atoms with Gasteiger partial charge in [-0.25, -0.2) is 4.39 Å². The third kappa shape index (κ3) is 2.40. The number of hydrogen-bond donors (Lipinski definition) is 1. The summed E-state index contributed by atoms with van der Waals surface area (Å²) in [6.45, 7) is 0.124. The highest BCUT2D eigenvalue weighted by Crippen LogP contribution is 2.44. The zero-order valence-corrected chi connectivity index (χ0v) is 10.1. The predicted molar refractivity (Wildman–Crippen MR) is 63.5 cm³/mol. The van der Waals surface area contributed by atoms with Gasteiger partial charge in [-0.1, -0.05) is 34.1 Å². The fourth-order valence-corrected chi connectivity index (χ4v) is 2.37. The predicted octanol–water partition coefficient (Wildman–Crippen LogP) is 3.07. The Kier molecular flexibility index (Phi) is 3.12. The Bertz CT molecular complexity index is 351. The lowest BCUT2D eigenvalue weighted by Gasteiger charge is -2.24. The highest BCUT2D eigenvalue weighted by molar-refractivity contribution is 9.10. The molecule has 0 aromatic heterocycles. The topological polar surface area (TPSA) is 26.0 Å². The van der Waals surface area contributed by atoms with Crippen LogP contribution >= 0.6 is 15.9 Å². The molecule has 0 spiro atoms. The van der Waals surface area contributed by atoms with Crippen molar-refractivity contribution < 1.29 is 4.39 Å². The summed E-state index contributed by atoms with van der Waals surface area (Å²) in [7, 11) is 0. The first-order valence-electron chi connectivity index (χ1n) is 5.28. The van der Waals surface area contributed by atoms with Crippen molar-refractivity contribution in [3.05, 3.63) is 34.3 Å². The molecule has 1 aromatic rings. The van der Waals surface area contributed by atoms with Gasteiger partial charge in [-0.15, -0.1) is 0 Å². The summed E-state index contributed by atoms with van der Waals surface area (Å²) in [6, 6.07) is 7.77. The van der Waals surface area contributed by atoms with Gasteiger partial charge in [0.2, 0.25) is 0 Å². The Labute approximate surface area is 98.0 Å². The highest BCUT2D eigenvalue weighted by Gasteiger charge is 2.44. The molecule has 0 radical (unpaired) electrons. The zero-order valence-electron chi connectivity index (χ0n) is 8.55. The van der Waals surface area contributed by atoms with Gasteiger partial charge in [-0.2, -0.15) is 0 Å². The van der Waals surface area contributed by atoms with Crippen molar-refractivity contribution >= 4 is 15.9 Å². The van der Waals surface area contributed by atoms with Gasteiger partial charge in [0.1, 0.15) is 5.67 Å². The maximum Gasteiger partial charge on any atom is 0.130 e. The molecule has 1 aliphatic carbocycles. The Morgan fingerprint density at radius 1 is 1.40 bits per heavy atom. The molecule has 1 nitrogen and oxygen atoms in total. The maximum atomic E-state index is 14.4. The lowest BCUT2D eigenvalue weighted by Crippen LogP contribution is -2.37. The second-order valence-corrected chi connectivity index (χ2v) is 5.14. The summed E-state index contributed by atoms with van der Waals surface area (Å²) < 4.78 is 15.4. The van der Waals surface area contributed by atoms with E-state index in [4.69, 9.17) is 5.73 Å². The molecule has 1 fully saturated rings. The number of rotatable bonds is 4. The van der Waals surface area contributed by atoms with E-state index < -0.39 is 5.67 Å². The molecule has 1 unspecified atom stereocenters. The lowest BCUT2D eigenvalue weighted by molar-refractivity contribution is 0.142. The van der Waals surface area contributed by atoms with E-state index in [-0.39, 0.29) is 12.5 Å². The molecule has 0 bridgehead atoms. The summed E-state index contributed by atoms with van der Waals surface area (Å²) >= 11 is 3.44. The van der Waals surface area contributed by atoms with Crippen LogP contribution in [0.25, 0.3) is 0 Å². The van der Waals surface area contributed by atoms with Crippen LogP contribution < -0.4 is 5.73 Å². The van der Waals surface area contributed by atoms with E-state index in [0.717, 1.165) is 22.9 Å². The first-order chi connectivity index (χ1) is 7.15. The van der Waals surface area contributed by atoms with E-state index in [0.29, 0.717) is 6.42 Å². The molecule has 1 aromatic carbocycles. The van der Waals surface area contributed by atoms with Crippen molar-refractivity contribution in [2.24, 2.45) is 11.7 Å². The van der Waals surface area contributed by atoms with Crippen molar-refractivity contribution in [3.8, 4) is 0 Å². The van der Waals surface area contributed by atoms with Gasteiger partial charge in [0.15, 0.2) is 0 Å². The van der Waals surface area contributed by atoms with Crippen LogP contribution in [0.5, 0.6) is 0 Å². The summed E-state index contributed by atoms with van der Waals surface area (Å²) in [5.74, 6) is 0.176. The van der Waals surface area contributed by atoms with Crippen LogP contribution in [0.1, 0.15) is 18.4 Å². The van der Waals surface area contributed by atoms with E-state index in [1.165, 1.54) is 0 Å². The summed E-state index contributed by atoms with van der Waals surface area (Å²) in [6.07, 6.45) is 2.39. The molecule has 0 heterocycles. The summed E-state index contributed by atoms with van der Waals surface area (Å²) in [4.78, 5) is 0. The molecule has 1 aliphatic rings. The van der Waals surface area contributed by atoms with Crippen LogP contribution in [0.15, 0.2) is 28.7 Å². The summed E-state index contributed by atoms with van der Waals surface area (Å²) in [5, 5.41) is 0. The largest absolute Gasteiger partial charge is 0.328 e. The third-order valence-electron chi connectivity index (χ3n) is 3.09. The number of alkyl halides is 1. The molecule has 1 atom stereocenters. The maximum absolute atomic E-state index is 14.4. The fraction of sp³-hybridized carbons (Fsp3) is 0.500. The SMILES string of the molecule is NCC(F)(Cc1ccccc1Br)C1CC1. The average molecular weight is 272 g/mol. The Morgan fingerprint density at radius 2 is 2.07 bits per heavy atom. The number of halogens is 2. The number of nitrogens with two attached hydrogens (primary N) is 1. The van der Waals surface area contributed by atoms with Crippen molar-refractivity contribution in [2.75, 3.05) is 6.54 Å². The van der Waals surface area contributed by atoms with Crippen LogP contribution in [-0.2, 0) is 6.42 Å². The lowest BCUT2D eigenvalue weighted by atomic mass is 9.91. The smallest absolute Gasteiger partial charge is 0.130 e. The highest BCUT2D eigenvalue weighted by atomic mass is 79.9. The minimum absolute atomic E-state index is 0.124. The molecular weight excluding hydrogens is 257 g/mol. The van der Waals surface area contributed by atoms with Crippen LogP contribution in [0.3, 0.4) is 0 Å². The minimum Gasteiger partial charge on any atom is -0.328 e. The van der Waals surface area contributed by atoms with Gasteiger partial charge in [-0.3, -0.25) is 0 Å².